The third kappa shape index (κ3) is 4.37. The highest BCUT2D eigenvalue weighted by Crippen LogP contribution is 2.40. The highest BCUT2D eigenvalue weighted by atomic mass is 16.5. The van der Waals surface area contributed by atoms with Gasteiger partial charge in [0, 0.05) is 17.5 Å². The summed E-state index contributed by atoms with van der Waals surface area (Å²) in [5.41, 5.74) is 4.19. The van der Waals surface area contributed by atoms with Crippen molar-refractivity contribution in [2.24, 2.45) is 0 Å². The highest BCUT2D eigenvalue weighted by molar-refractivity contribution is 5.69. The highest BCUT2D eigenvalue weighted by Gasteiger charge is 2.30. The second-order valence-corrected chi connectivity index (χ2v) is 6.52. The maximum absolute atomic E-state index is 11.9. The van der Waals surface area contributed by atoms with E-state index in [1.807, 2.05) is 45.0 Å². The topological polar surface area (TPSA) is 44.8 Å². The van der Waals surface area contributed by atoms with Crippen molar-refractivity contribution < 1.29 is 19.0 Å². The van der Waals surface area contributed by atoms with Crippen LogP contribution in [0.3, 0.4) is 0 Å². The summed E-state index contributed by atoms with van der Waals surface area (Å²) in [7, 11) is 3.31. The zero-order valence-corrected chi connectivity index (χ0v) is 16.5. The fraction of sp³-hybridized carbons (Fsp3) is 0.409. The zero-order valence-electron chi connectivity index (χ0n) is 16.5. The standard InChI is InChI=1S/C22H28O4/c1-7-21(23)26-16(4)22(17-12-14(2)8-10-19(17)24-5)18-13-15(3)9-11-20(18)25-6/h8-13,16,22H,7H2,1-6H3. The Morgan fingerprint density at radius 2 is 1.38 bits per heavy atom. The van der Waals surface area contributed by atoms with Crippen LogP contribution in [0.1, 0.15) is 48.4 Å². The van der Waals surface area contributed by atoms with E-state index in [-0.39, 0.29) is 18.0 Å². The predicted molar refractivity (Wildman–Crippen MR) is 103 cm³/mol. The molecular formula is C22H28O4. The molecule has 0 aliphatic rings. The van der Waals surface area contributed by atoms with Crippen molar-refractivity contribution in [3.8, 4) is 11.5 Å². The summed E-state index contributed by atoms with van der Waals surface area (Å²) in [4.78, 5) is 11.9. The molecule has 0 N–H and O–H groups in total. The van der Waals surface area contributed by atoms with Crippen LogP contribution >= 0.6 is 0 Å². The summed E-state index contributed by atoms with van der Waals surface area (Å²) < 4.78 is 16.9. The summed E-state index contributed by atoms with van der Waals surface area (Å²) in [5, 5.41) is 0. The molecule has 0 aliphatic carbocycles. The van der Waals surface area contributed by atoms with Crippen LogP contribution in [0.4, 0.5) is 0 Å². The van der Waals surface area contributed by atoms with Crippen LogP contribution in [0.5, 0.6) is 11.5 Å². The fourth-order valence-corrected chi connectivity index (χ4v) is 3.23. The number of esters is 1. The lowest BCUT2D eigenvalue weighted by Crippen LogP contribution is -2.24. The molecule has 0 saturated carbocycles. The van der Waals surface area contributed by atoms with Crippen LogP contribution in [0, 0.1) is 13.8 Å². The molecule has 0 saturated heterocycles. The Labute approximate surface area is 156 Å². The third-order valence-corrected chi connectivity index (χ3v) is 4.52. The number of benzene rings is 2. The SMILES string of the molecule is CCC(=O)OC(C)C(c1cc(C)ccc1OC)c1cc(C)ccc1OC. The monoisotopic (exact) mass is 356 g/mol. The van der Waals surface area contributed by atoms with E-state index in [1.54, 1.807) is 21.1 Å². The first kappa shape index (κ1) is 19.8. The second kappa shape index (κ2) is 8.75. The number of ether oxygens (including phenoxy) is 3. The molecule has 2 aromatic carbocycles. The van der Waals surface area contributed by atoms with E-state index in [2.05, 4.69) is 12.1 Å². The molecule has 0 amide bonds. The van der Waals surface area contributed by atoms with Crippen LogP contribution in [0.15, 0.2) is 36.4 Å². The first-order valence-corrected chi connectivity index (χ1v) is 8.89. The molecule has 0 aliphatic heterocycles. The van der Waals surface area contributed by atoms with Crippen LogP contribution in [-0.4, -0.2) is 26.3 Å². The minimum absolute atomic E-state index is 0.199. The van der Waals surface area contributed by atoms with E-state index < -0.39 is 0 Å². The first-order valence-electron chi connectivity index (χ1n) is 8.89. The molecule has 2 aromatic rings. The Kier molecular flexibility index (Phi) is 6.67. The second-order valence-electron chi connectivity index (χ2n) is 6.52. The minimum atomic E-state index is -0.367. The molecule has 0 bridgehead atoms. The maximum Gasteiger partial charge on any atom is 0.305 e. The number of rotatable bonds is 7. The van der Waals surface area contributed by atoms with Crippen molar-refractivity contribution in [3.63, 3.8) is 0 Å². The van der Waals surface area contributed by atoms with Gasteiger partial charge >= 0.3 is 5.97 Å². The minimum Gasteiger partial charge on any atom is -0.496 e. The maximum atomic E-state index is 11.9. The Balaban J connectivity index is 2.66. The third-order valence-electron chi connectivity index (χ3n) is 4.52. The molecule has 0 heterocycles. The summed E-state index contributed by atoms with van der Waals surface area (Å²) in [5.74, 6) is 1.11. The Bertz CT molecular complexity index is 713. The first-order chi connectivity index (χ1) is 12.4. The van der Waals surface area contributed by atoms with E-state index in [9.17, 15) is 4.79 Å². The predicted octanol–water partition coefficient (Wildman–Crippen LogP) is 4.79. The molecule has 2 rings (SSSR count). The fourth-order valence-electron chi connectivity index (χ4n) is 3.23. The zero-order chi connectivity index (χ0) is 19.3. The van der Waals surface area contributed by atoms with Crippen molar-refractivity contribution >= 4 is 5.97 Å². The quantitative estimate of drug-likeness (QED) is 0.669. The molecule has 4 heteroatoms. The molecule has 1 unspecified atom stereocenters. The summed E-state index contributed by atoms with van der Waals surface area (Å²) in [6.45, 7) is 7.79. The van der Waals surface area contributed by atoms with E-state index in [4.69, 9.17) is 14.2 Å². The smallest absolute Gasteiger partial charge is 0.305 e. The van der Waals surface area contributed by atoms with Crippen LogP contribution in [0.2, 0.25) is 0 Å². The van der Waals surface area contributed by atoms with E-state index in [0.717, 1.165) is 33.8 Å². The van der Waals surface area contributed by atoms with Crippen molar-refractivity contribution in [3.05, 3.63) is 58.7 Å². The van der Waals surface area contributed by atoms with E-state index in [1.165, 1.54) is 0 Å². The van der Waals surface area contributed by atoms with Crippen LogP contribution in [0.25, 0.3) is 0 Å². The van der Waals surface area contributed by atoms with Gasteiger partial charge in [-0.2, -0.15) is 0 Å². The molecule has 26 heavy (non-hydrogen) atoms. The van der Waals surface area contributed by atoms with E-state index in [0.29, 0.717) is 6.42 Å². The molecule has 1 atom stereocenters. The molecule has 0 aromatic heterocycles. The van der Waals surface area contributed by atoms with Crippen LogP contribution < -0.4 is 9.47 Å². The summed E-state index contributed by atoms with van der Waals surface area (Å²) in [6, 6.07) is 12.1. The van der Waals surface area contributed by atoms with Gasteiger partial charge in [-0.05, 0) is 32.9 Å². The van der Waals surface area contributed by atoms with Crippen molar-refractivity contribution in [1.82, 2.24) is 0 Å². The Morgan fingerprint density at radius 3 is 1.77 bits per heavy atom. The number of methoxy groups -OCH3 is 2. The van der Waals surface area contributed by atoms with Gasteiger partial charge in [-0.15, -0.1) is 0 Å². The molecule has 0 spiro atoms. The Morgan fingerprint density at radius 1 is 0.923 bits per heavy atom. The van der Waals surface area contributed by atoms with Crippen molar-refractivity contribution in [2.45, 2.75) is 46.1 Å². The molecule has 0 radical (unpaired) electrons. The van der Waals surface area contributed by atoms with Gasteiger partial charge in [-0.25, -0.2) is 0 Å². The average Bonchev–Trinajstić information content (AvgIpc) is 2.62. The lowest BCUT2D eigenvalue weighted by Gasteiger charge is -2.28. The van der Waals surface area contributed by atoms with Crippen molar-refractivity contribution in [1.29, 1.82) is 0 Å². The number of hydrogen-bond acceptors (Lipinski definition) is 4. The van der Waals surface area contributed by atoms with Gasteiger partial charge in [0.25, 0.3) is 0 Å². The number of carbonyl (C=O) groups is 1. The number of carbonyl (C=O) groups excluding carboxylic acids is 1. The number of hydrogen-bond donors (Lipinski definition) is 0. The molecule has 140 valence electrons. The van der Waals surface area contributed by atoms with Gasteiger partial charge in [-0.3, -0.25) is 4.79 Å². The Hall–Kier alpha value is -2.49. The van der Waals surface area contributed by atoms with Crippen LogP contribution in [-0.2, 0) is 9.53 Å². The van der Waals surface area contributed by atoms with Gasteiger partial charge in [0.2, 0.25) is 0 Å². The summed E-state index contributed by atoms with van der Waals surface area (Å²) >= 11 is 0. The lowest BCUT2D eigenvalue weighted by molar-refractivity contribution is -0.148. The van der Waals surface area contributed by atoms with Gasteiger partial charge in [-0.1, -0.05) is 42.3 Å². The summed E-state index contributed by atoms with van der Waals surface area (Å²) in [6.07, 6.45) is -0.0266. The molecule has 4 nitrogen and oxygen atoms in total. The van der Waals surface area contributed by atoms with Gasteiger partial charge in [0.15, 0.2) is 0 Å². The van der Waals surface area contributed by atoms with Gasteiger partial charge in [0.1, 0.15) is 17.6 Å². The number of aryl methyl sites for hydroxylation is 2. The largest absolute Gasteiger partial charge is 0.496 e. The van der Waals surface area contributed by atoms with Crippen molar-refractivity contribution in [2.75, 3.05) is 14.2 Å². The molecule has 0 fully saturated rings. The van der Waals surface area contributed by atoms with E-state index >= 15 is 0 Å². The molecular weight excluding hydrogens is 328 g/mol. The van der Waals surface area contributed by atoms with Gasteiger partial charge in [0.05, 0.1) is 20.1 Å². The van der Waals surface area contributed by atoms with Gasteiger partial charge < -0.3 is 14.2 Å². The average molecular weight is 356 g/mol. The normalized spacial score (nSPS) is 12.0. The lowest BCUT2D eigenvalue weighted by atomic mass is 9.84.